The molecule has 0 spiro atoms. The summed E-state index contributed by atoms with van der Waals surface area (Å²) >= 11 is 1.39. The van der Waals surface area contributed by atoms with Crippen molar-refractivity contribution in [2.24, 2.45) is 0 Å². The number of aromatic nitrogens is 3. The summed E-state index contributed by atoms with van der Waals surface area (Å²) in [5.74, 6) is 0. The first-order chi connectivity index (χ1) is 8.13. The highest BCUT2D eigenvalue weighted by Crippen LogP contribution is 2.24. The molecule has 2 aromatic heterocycles. The molecule has 5 heteroatoms. The van der Waals surface area contributed by atoms with Crippen molar-refractivity contribution in [3.63, 3.8) is 0 Å². The molecule has 3 rings (SSSR count). The second-order valence-corrected chi connectivity index (χ2v) is 5.08. The van der Waals surface area contributed by atoms with E-state index in [9.17, 15) is 0 Å². The molecule has 0 amide bonds. The van der Waals surface area contributed by atoms with Gasteiger partial charge in [0.15, 0.2) is 0 Å². The van der Waals surface area contributed by atoms with Crippen molar-refractivity contribution in [3.8, 4) is 11.3 Å². The second kappa shape index (κ2) is 3.56. The van der Waals surface area contributed by atoms with Crippen LogP contribution in [0.5, 0.6) is 0 Å². The van der Waals surface area contributed by atoms with Gasteiger partial charge in [0.05, 0.1) is 11.9 Å². The van der Waals surface area contributed by atoms with Crippen LogP contribution in [-0.4, -0.2) is 14.6 Å². The van der Waals surface area contributed by atoms with Crippen LogP contribution in [0.15, 0.2) is 24.4 Å². The fourth-order valence-electron chi connectivity index (χ4n) is 1.76. The van der Waals surface area contributed by atoms with Crippen LogP contribution in [0.2, 0.25) is 0 Å². The molecule has 0 aliphatic rings. The lowest BCUT2D eigenvalue weighted by Gasteiger charge is -2.01. The van der Waals surface area contributed by atoms with Gasteiger partial charge < -0.3 is 5.73 Å². The van der Waals surface area contributed by atoms with E-state index in [0.29, 0.717) is 5.13 Å². The molecule has 17 heavy (non-hydrogen) atoms. The molecule has 4 nitrogen and oxygen atoms in total. The molecule has 0 bridgehead atoms. The zero-order chi connectivity index (χ0) is 12.0. The molecule has 3 aromatic rings. The van der Waals surface area contributed by atoms with E-state index in [1.54, 1.807) is 4.52 Å². The quantitative estimate of drug-likeness (QED) is 0.716. The van der Waals surface area contributed by atoms with Gasteiger partial charge in [0, 0.05) is 5.56 Å². The number of nitrogens with two attached hydrogens (primary N) is 1. The minimum absolute atomic E-state index is 0.541. The van der Waals surface area contributed by atoms with Crippen molar-refractivity contribution in [3.05, 3.63) is 35.5 Å². The fourth-order valence-corrected chi connectivity index (χ4v) is 2.40. The topological polar surface area (TPSA) is 56.2 Å². The molecule has 0 saturated carbocycles. The predicted molar refractivity (Wildman–Crippen MR) is 70.2 cm³/mol. The van der Waals surface area contributed by atoms with E-state index in [0.717, 1.165) is 16.2 Å². The summed E-state index contributed by atoms with van der Waals surface area (Å²) < 4.78 is 1.73. The van der Waals surface area contributed by atoms with E-state index >= 15 is 0 Å². The van der Waals surface area contributed by atoms with Gasteiger partial charge >= 0.3 is 0 Å². The molecule has 2 heterocycles. The molecule has 0 atom stereocenters. The average Bonchev–Trinajstić information content (AvgIpc) is 2.79. The van der Waals surface area contributed by atoms with Crippen molar-refractivity contribution >= 4 is 21.4 Å². The first-order valence-corrected chi connectivity index (χ1v) is 6.14. The van der Waals surface area contributed by atoms with Gasteiger partial charge in [-0.05, 0) is 31.0 Å². The van der Waals surface area contributed by atoms with Gasteiger partial charge in [-0.25, -0.2) is 9.50 Å². The van der Waals surface area contributed by atoms with Crippen LogP contribution in [0.1, 0.15) is 11.1 Å². The number of anilines is 1. The standard InChI is InChI=1S/C12H12N4S/c1-7-3-4-9(5-8(7)2)10-6-16-12(14-10)17-11(13)15-16/h3-6H,1-2H3,(H2,13,15). The number of hydrogen-bond donors (Lipinski definition) is 1. The third kappa shape index (κ3) is 1.68. The third-order valence-corrected chi connectivity index (χ3v) is 3.61. The lowest BCUT2D eigenvalue weighted by atomic mass is 10.1. The SMILES string of the molecule is Cc1ccc(-c2cn3nc(N)sc3n2)cc1C. The molecule has 0 aliphatic heterocycles. The zero-order valence-corrected chi connectivity index (χ0v) is 10.5. The molecular weight excluding hydrogens is 232 g/mol. The van der Waals surface area contributed by atoms with Crippen LogP contribution in [0.4, 0.5) is 5.13 Å². The third-order valence-electron chi connectivity index (χ3n) is 2.86. The highest BCUT2D eigenvalue weighted by molar-refractivity contribution is 7.20. The van der Waals surface area contributed by atoms with Crippen molar-refractivity contribution < 1.29 is 0 Å². The van der Waals surface area contributed by atoms with Gasteiger partial charge in [0.25, 0.3) is 0 Å². The predicted octanol–water partition coefficient (Wildman–Crippen LogP) is 2.66. The van der Waals surface area contributed by atoms with Crippen LogP contribution in [0.3, 0.4) is 0 Å². The molecular formula is C12H12N4S. The lowest BCUT2D eigenvalue weighted by molar-refractivity contribution is 0.981. The Balaban J connectivity index is 2.13. The maximum absolute atomic E-state index is 5.61. The summed E-state index contributed by atoms with van der Waals surface area (Å²) in [7, 11) is 0. The van der Waals surface area contributed by atoms with Crippen molar-refractivity contribution in [2.45, 2.75) is 13.8 Å². The van der Waals surface area contributed by atoms with Gasteiger partial charge in [-0.1, -0.05) is 23.5 Å². The molecule has 0 saturated heterocycles. The number of nitrogen functional groups attached to an aromatic ring is 1. The lowest BCUT2D eigenvalue weighted by Crippen LogP contribution is -1.86. The summed E-state index contributed by atoms with van der Waals surface area (Å²) in [5, 5.41) is 4.69. The summed E-state index contributed by atoms with van der Waals surface area (Å²) in [5.41, 5.74) is 10.2. The Morgan fingerprint density at radius 1 is 1.24 bits per heavy atom. The summed E-state index contributed by atoms with van der Waals surface area (Å²) in [6.45, 7) is 4.21. The minimum atomic E-state index is 0.541. The van der Waals surface area contributed by atoms with Crippen LogP contribution in [0, 0.1) is 13.8 Å². The first-order valence-electron chi connectivity index (χ1n) is 5.33. The number of benzene rings is 1. The summed E-state index contributed by atoms with van der Waals surface area (Å²) in [4.78, 5) is 5.34. The van der Waals surface area contributed by atoms with Gasteiger partial charge in [-0.3, -0.25) is 0 Å². The Hall–Kier alpha value is -1.88. The van der Waals surface area contributed by atoms with E-state index in [1.165, 1.54) is 22.5 Å². The number of aryl methyl sites for hydroxylation is 2. The molecule has 1 aromatic carbocycles. The Morgan fingerprint density at radius 2 is 2.06 bits per heavy atom. The molecule has 86 valence electrons. The number of fused-ring (bicyclic) bond motifs is 1. The van der Waals surface area contributed by atoms with E-state index < -0.39 is 0 Å². The normalized spacial score (nSPS) is 11.2. The van der Waals surface area contributed by atoms with Crippen LogP contribution in [0.25, 0.3) is 16.2 Å². The van der Waals surface area contributed by atoms with Crippen LogP contribution < -0.4 is 5.73 Å². The summed E-state index contributed by atoms with van der Waals surface area (Å²) in [6, 6.07) is 6.34. The molecule has 2 N–H and O–H groups in total. The highest BCUT2D eigenvalue weighted by Gasteiger charge is 2.08. The summed E-state index contributed by atoms with van der Waals surface area (Å²) in [6.07, 6.45) is 1.91. The Labute approximate surface area is 103 Å². The average molecular weight is 244 g/mol. The monoisotopic (exact) mass is 244 g/mol. The van der Waals surface area contributed by atoms with Crippen molar-refractivity contribution in [1.29, 1.82) is 0 Å². The van der Waals surface area contributed by atoms with Gasteiger partial charge in [-0.2, -0.15) is 0 Å². The largest absolute Gasteiger partial charge is 0.374 e. The maximum atomic E-state index is 5.61. The van der Waals surface area contributed by atoms with E-state index in [2.05, 4.69) is 42.1 Å². The Morgan fingerprint density at radius 3 is 2.76 bits per heavy atom. The first kappa shape index (κ1) is 10.3. The molecule has 0 aliphatic carbocycles. The Kier molecular flexibility index (Phi) is 2.16. The number of nitrogens with zero attached hydrogens (tertiary/aromatic N) is 3. The molecule has 0 fully saturated rings. The van der Waals surface area contributed by atoms with Crippen molar-refractivity contribution in [1.82, 2.24) is 14.6 Å². The zero-order valence-electron chi connectivity index (χ0n) is 9.64. The van der Waals surface area contributed by atoms with E-state index in [4.69, 9.17) is 5.73 Å². The maximum Gasteiger partial charge on any atom is 0.214 e. The fraction of sp³-hybridized carbons (Fsp3) is 0.167. The second-order valence-electron chi connectivity index (χ2n) is 4.09. The van der Waals surface area contributed by atoms with Gasteiger partial charge in [0.1, 0.15) is 0 Å². The van der Waals surface area contributed by atoms with Gasteiger partial charge in [-0.15, -0.1) is 5.10 Å². The van der Waals surface area contributed by atoms with Crippen LogP contribution in [-0.2, 0) is 0 Å². The Bertz CT molecular complexity index is 664. The number of rotatable bonds is 1. The smallest absolute Gasteiger partial charge is 0.214 e. The van der Waals surface area contributed by atoms with Crippen molar-refractivity contribution in [2.75, 3.05) is 5.73 Å². The minimum Gasteiger partial charge on any atom is -0.374 e. The van der Waals surface area contributed by atoms with E-state index in [1.807, 2.05) is 6.20 Å². The number of hydrogen-bond acceptors (Lipinski definition) is 4. The van der Waals surface area contributed by atoms with E-state index in [-0.39, 0.29) is 0 Å². The van der Waals surface area contributed by atoms with Crippen LogP contribution >= 0.6 is 11.3 Å². The van der Waals surface area contributed by atoms with Gasteiger partial charge in [0.2, 0.25) is 10.1 Å². The molecule has 0 radical (unpaired) electrons. The highest BCUT2D eigenvalue weighted by atomic mass is 32.1. The number of imidazole rings is 1. The molecule has 0 unspecified atom stereocenters.